The standard InChI is InChI=1S/C47H61NO4/c1-28(49)51-33-15-19-44(3)31(24-33)9-11-35-38-13-14-39(46(38,5)21-17-40(35)44)37-26-42-36-12-10-32-25-34(52-29(2)50)16-20-45(32,4)41(36)18-22-47(42,6)43(37)30-8-7-23-48-27-30/h7-10,14,23,27,33-36,38,40-42H,11-13,15-22,24-26H2,1-6H3/t33-,34-,35?,36?,38?,40?,41?,42?,44-,45-,46-,47-/m0/s1. The molecule has 0 aliphatic heterocycles. The van der Waals surface area contributed by atoms with Gasteiger partial charge in [-0.25, -0.2) is 0 Å². The third kappa shape index (κ3) is 5.09. The van der Waals surface area contributed by atoms with Gasteiger partial charge in [-0.05, 0) is 163 Å². The Labute approximate surface area is 312 Å². The number of pyridine rings is 1. The molecule has 0 aromatic carbocycles. The van der Waals surface area contributed by atoms with Gasteiger partial charge in [0.25, 0.3) is 0 Å². The molecular weight excluding hydrogens is 643 g/mol. The van der Waals surface area contributed by atoms with Crippen LogP contribution in [0.15, 0.2) is 65.0 Å². The monoisotopic (exact) mass is 703 g/mol. The fourth-order valence-electron chi connectivity index (χ4n) is 14.9. The summed E-state index contributed by atoms with van der Waals surface area (Å²) in [6.45, 7) is 13.5. The minimum absolute atomic E-state index is 0.0434. The van der Waals surface area contributed by atoms with Gasteiger partial charge in [-0.15, -0.1) is 0 Å². The summed E-state index contributed by atoms with van der Waals surface area (Å²) >= 11 is 0. The van der Waals surface area contributed by atoms with E-state index in [1.165, 1.54) is 50.5 Å². The van der Waals surface area contributed by atoms with Crippen molar-refractivity contribution in [2.24, 2.45) is 57.2 Å². The molecule has 4 fully saturated rings. The van der Waals surface area contributed by atoms with Gasteiger partial charge >= 0.3 is 11.9 Å². The average Bonchev–Trinajstić information content (AvgIpc) is 3.62. The zero-order valence-electron chi connectivity index (χ0n) is 32.6. The summed E-state index contributed by atoms with van der Waals surface area (Å²) in [6, 6.07) is 4.51. The number of carbonyl (C=O) groups is 2. The molecule has 5 nitrogen and oxygen atoms in total. The van der Waals surface area contributed by atoms with E-state index in [4.69, 9.17) is 14.5 Å². The number of nitrogens with zero attached hydrogens (tertiary/aromatic N) is 1. The van der Waals surface area contributed by atoms with E-state index in [0.29, 0.717) is 35.5 Å². The minimum atomic E-state index is -0.142. The Balaban J connectivity index is 1.03. The van der Waals surface area contributed by atoms with Crippen LogP contribution in [-0.2, 0) is 19.1 Å². The van der Waals surface area contributed by atoms with Gasteiger partial charge in [0.05, 0.1) is 0 Å². The van der Waals surface area contributed by atoms with Crippen LogP contribution < -0.4 is 0 Å². The first-order valence-corrected chi connectivity index (χ1v) is 20.9. The maximum absolute atomic E-state index is 11.8. The van der Waals surface area contributed by atoms with Crippen molar-refractivity contribution < 1.29 is 19.1 Å². The molecular formula is C47H61NO4. The van der Waals surface area contributed by atoms with E-state index in [-0.39, 0.29) is 45.8 Å². The van der Waals surface area contributed by atoms with Crippen molar-refractivity contribution in [3.63, 3.8) is 0 Å². The van der Waals surface area contributed by atoms with E-state index in [0.717, 1.165) is 44.9 Å². The number of hydrogen-bond acceptors (Lipinski definition) is 5. The largest absolute Gasteiger partial charge is 0.462 e. The second-order valence-electron chi connectivity index (χ2n) is 19.5. The summed E-state index contributed by atoms with van der Waals surface area (Å²) in [5, 5.41) is 0. The SMILES string of the molecule is CC(=O)O[C@H]1CC[C@@]2(C)C(=CCC3C2CC[C@]2(C)C(C4=C(c5cccnc5)[C@@]5(C)CCC6C(CC=C7C[C@@H](OC(C)=O)CC[C@@]76C)C5C4)=CCC32)C1. The first-order valence-electron chi connectivity index (χ1n) is 20.9. The van der Waals surface area contributed by atoms with Crippen molar-refractivity contribution in [2.75, 3.05) is 0 Å². The quantitative estimate of drug-likeness (QED) is 0.231. The molecule has 1 aromatic heterocycles. The lowest BCUT2D eigenvalue weighted by Gasteiger charge is -2.58. The fourth-order valence-corrected chi connectivity index (χ4v) is 14.9. The Morgan fingerprint density at radius 3 is 1.77 bits per heavy atom. The molecule has 8 aliphatic carbocycles. The van der Waals surface area contributed by atoms with Gasteiger partial charge in [0.15, 0.2) is 0 Å². The molecule has 1 heterocycles. The number of aromatic nitrogens is 1. The maximum Gasteiger partial charge on any atom is 0.302 e. The lowest BCUT2D eigenvalue weighted by molar-refractivity contribution is -0.149. The summed E-state index contributed by atoms with van der Waals surface area (Å²) in [5.41, 5.74) is 10.3. The summed E-state index contributed by atoms with van der Waals surface area (Å²) in [6.07, 6.45) is 28.0. The average molecular weight is 704 g/mol. The number of rotatable bonds is 4. The number of ether oxygens (including phenoxy) is 2. The molecule has 8 aliphatic rings. The van der Waals surface area contributed by atoms with Crippen molar-refractivity contribution in [2.45, 2.75) is 144 Å². The maximum atomic E-state index is 11.8. The van der Waals surface area contributed by atoms with E-state index in [1.807, 2.05) is 6.20 Å². The second kappa shape index (κ2) is 12.3. The predicted octanol–water partition coefficient (Wildman–Crippen LogP) is 10.8. The van der Waals surface area contributed by atoms with Crippen LogP contribution in [0.5, 0.6) is 0 Å². The molecule has 6 unspecified atom stereocenters. The summed E-state index contributed by atoms with van der Waals surface area (Å²) in [7, 11) is 0. The van der Waals surface area contributed by atoms with Crippen molar-refractivity contribution in [3.05, 3.63) is 70.6 Å². The summed E-state index contributed by atoms with van der Waals surface area (Å²) in [5.74, 6) is 3.81. The number of hydrogen-bond donors (Lipinski definition) is 0. The van der Waals surface area contributed by atoms with Crippen LogP contribution >= 0.6 is 0 Å². The molecule has 0 spiro atoms. The minimum Gasteiger partial charge on any atom is -0.462 e. The smallest absolute Gasteiger partial charge is 0.302 e. The van der Waals surface area contributed by atoms with Gasteiger partial charge in [-0.3, -0.25) is 14.6 Å². The predicted molar refractivity (Wildman–Crippen MR) is 205 cm³/mol. The molecule has 1 aromatic rings. The van der Waals surface area contributed by atoms with Crippen LogP contribution in [-0.4, -0.2) is 29.1 Å². The normalized spacial score (nSPS) is 44.8. The zero-order valence-corrected chi connectivity index (χ0v) is 32.6. The molecule has 278 valence electrons. The second-order valence-corrected chi connectivity index (χ2v) is 19.5. The van der Waals surface area contributed by atoms with Crippen molar-refractivity contribution >= 4 is 17.5 Å². The topological polar surface area (TPSA) is 65.5 Å². The molecule has 52 heavy (non-hydrogen) atoms. The van der Waals surface area contributed by atoms with Crippen molar-refractivity contribution in [1.82, 2.24) is 4.98 Å². The fraction of sp³-hybridized carbons (Fsp3) is 0.681. The molecule has 4 saturated carbocycles. The molecule has 0 saturated heterocycles. The molecule has 12 atom stereocenters. The Kier molecular flexibility index (Phi) is 8.22. The molecule has 5 heteroatoms. The van der Waals surface area contributed by atoms with E-state index in [1.54, 1.807) is 41.7 Å². The molecule has 0 amide bonds. The lowest BCUT2D eigenvalue weighted by Crippen LogP contribution is -2.50. The Morgan fingerprint density at radius 2 is 1.21 bits per heavy atom. The molecule has 9 rings (SSSR count). The van der Waals surface area contributed by atoms with Gasteiger partial charge in [0.1, 0.15) is 12.2 Å². The highest BCUT2D eigenvalue weighted by Crippen LogP contribution is 2.72. The van der Waals surface area contributed by atoms with Crippen LogP contribution in [0.2, 0.25) is 0 Å². The molecule has 0 bridgehead atoms. The van der Waals surface area contributed by atoms with Gasteiger partial charge in [-0.1, -0.05) is 63.1 Å². The zero-order chi connectivity index (χ0) is 36.2. The lowest BCUT2D eigenvalue weighted by atomic mass is 9.47. The Hall–Kier alpha value is -2.95. The summed E-state index contributed by atoms with van der Waals surface area (Å²) in [4.78, 5) is 28.4. The van der Waals surface area contributed by atoms with Crippen LogP contribution in [0.4, 0.5) is 0 Å². The van der Waals surface area contributed by atoms with E-state index < -0.39 is 0 Å². The van der Waals surface area contributed by atoms with Gasteiger partial charge in [0, 0.05) is 39.1 Å². The van der Waals surface area contributed by atoms with Crippen LogP contribution in [0.3, 0.4) is 0 Å². The molecule has 0 radical (unpaired) electrons. The van der Waals surface area contributed by atoms with Crippen LogP contribution in [0.25, 0.3) is 5.57 Å². The Bertz CT molecular complexity index is 1790. The first kappa shape index (κ1) is 34.8. The van der Waals surface area contributed by atoms with Crippen molar-refractivity contribution in [1.29, 1.82) is 0 Å². The van der Waals surface area contributed by atoms with Gasteiger partial charge in [0.2, 0.25) is 0 Å². The van der Waals surface area contributed by atoms with E-state index in [9.17, 15) is 9.59 Å². The highest BCUT2D eigenvalue weighted by Gasteiger charge is 2.62. The molecule has 0 N–H and O–H groups in total. The van der Waals surface area contributed by atoms with E-state index >= 15 is 0 Å². The number of fused-ring (bicyclic) bond motifs is 10. The number of carbonyl (C=O) groups excluding carboxylic acids is 2. The Morgan fingerprint density at radius 1 is 0.654 bits per heavy atom. The van der Waals surface area contributed by atoms with Gasteiger partial charge in [-0.2, -0.15) is 0 Å². The number of esters is 2. The van der Waals surface area contributed by atoms with Crippen molar-refractivity contribution in [3.8, 4) is 0 Å². The summed E-state index contributed by atoms with van der Waals surface area (Å²) < 4.78 is 11.5. The van der Waals surface area contributed by atoms with Crippen LogP contribution in [0, 0.1) is 57.2 Å². The first-order chi connectivity index (χ1) is 24.8. The van der Waals surface area contributed by atoms with Gasteiger partial charge < -0.3 is 9.47 Å². The van der Waals surface area contributed by atoms with E-state index in [2.05, 4.69) is 64.3 Å². The highest BCUT2D eigenvalue weighted by atomic mass is 16.5. The third-order valence-electron chi connectivity index (χ3n) is 17.3. The van der Waals surface area contributed by atoms with Crippen LogP contribution in [0.1, 0.15) is 137 Å². The number of allylic oxidation sites excluding steroid dienone is 6. The highest BCUT2D eigenvalue weighted by molar-refractivity contribution is 5.80. The third-order valence-corrected chi connectivity index (χ3v) is 17.3.